The summed E-state index contributed by atoms with van der Waals surface area (Å²) in [6, 6.07) is 0.660. The van der Waals surface area contributed by atoms with Crippen LogP contribution in [0.5, 0.6) is 0 Å². The zero-order valence-electron chi connectivity index (χ0n) is 10.8. The molecule has 1 heterocycles. The summed E-state index contributed by atoms with van der Waals surface area (Å²) in [5.74, 6) is 1.96. The van der Waals surface area contributed by atoms with Crippen molar-refractivity contribution < 1.29 is 0 Å². The van der Waals surface area contributed by atoms with Gasteiger partial charge in [0.25, 0.3) is 0 Å². The Balaban J connectivity index is 2.38. The molecule has 86 valence electrons. The Morgan fingerprint density at radius 1 is 1.53 bits per heavy atom. The summed E-state index contributed by atoms with van der Waals surface area (Å²) in [6.45, 7) is 3.42. The van der Waals surface area contributed by atoms with Crippen molar-refractivity contribution in [3.05, 3.63) is 0 Å². The summed E-state index contributed by atoms with van der Waals surface area (Å²) >= 11 is 0. The second-order valence-electron chi connectivity index (χ2n) is 4.99. The molecule has 0 aliphatic carbocycles. The van der Waals surface area contributed by atoms with Crippen molar-refractivity contribution in [2.24, 2.45) is 4.99 Å². The summed E-state index contributed by atoms with van der Waals surface area (Å²) in [4.78, 5) is 8.88. The first-order valence-electron chi connectivity index (χ1n) is 5.97. The predicted octanol–water partition coefficient (Wildman–Crippen LogP) is 0.830. The monoisotopic (exact) mass is 209 g/mol. The van der Waals surface area contributed by atoms with Gasteiger partial charge in [0.05, 0.1) is 0 Å². The van der Waals surface area contributed by atoms with E-state index in [-0.39, 0.29) is 0 Å². The lowest BCUT2D eigenvalue weighted by molar-refractivity contribution is 0.365. The number of likely N-dealkylation sites (N-methyl/N-ethyl adjacent to an activating group) is 2. The van der Waals surface area contributed by atoms with Gasteiger partial charge in [-0.3, -0.25) is 4.99 Å². The summed E-state index contributed by atoms with van der Waals surface area (Å²) in [7, 11) is 8.45. The van der Waals surface area contributed by atoms with Crippen LogP contribution in [0.1, 0.15) is 26.2 Å². The van der Waals surface area contributed by atoms with E-state index >= 15 is 0 Å². The van der Waals surface area contributed by atoms with Crippen LogP contribution in [-0.4, -0.2) is 57.3 Å². The highest BCUT2D eigenvalue weighted by Crippen LogP contribution is 2.19. The molecular formula is C11H24BN3. The van der Waals surface area contributed by atoms with Crippen molar-refractivity contribution >= 4 is 13.8 Å². The lowest BCUT2D eigenvalue weighted by Gasteiger charge is -2.20. The van der Waals surface area contributed by atoms with Crippen LogP contribution in [0.15, 0.2) is 4.99 Å². The SMILES string of the molecule is BC(C)CCCC1CN(C)/C(=N/C)N1C. The number of guanidine groups is 1. The highest BCUT2D eigenvalue weighted by atomic mass is 15.4. The fraction of sp³-hybridized carbons (Fsp3) is 0.909. The van der Waals surface area contributed by atoms with Gasteiger partial charge in [-0.2, -0.15) is 0 Å². The third-order valence-electron chi connectivity index (χ3n) is 3.21. The molecule has 0 amide bonds. The van der Waals surface area contributed by atoms with Crippen molar-refractivity contribution in [2.75, 3.05) is 27.7 Å². The van der Waals surface area contributed by atoms with E-state index in [2.05, 4.69) is 43.7 Å². The molecule has 0 spiro atoms. The summed E-state index contributed by atoms with van der Waals surface area (Å²) in [5.41, 5.74) is 0. The Kier molecular flexibility index (Phi) is 4.49. The third-order valence-corrected chi connectivity index (χ3v) is 3.21. The molecule has 0 aromatic carbocycles. The molecule has 2 atom stereocenters. The topological polar surface area (TPSA) is 18.8 Å². The molecule has 1 fully saturated rings. The first kappa shape index (κ1) is 12.4. The summed E-state index contributed by atoms with van der Waals surface area (Å²) in [6.07, 6.45) is 3.96. The number of aliphatic imine (C=N–C) groups is 1. The van der Waals surface area contributed by atoms with E-state index in [0.29, 0.717) is 6.04 Å². The van der Waals surface area contributed by atoms with Gasteiger partial charge in [0.15, 0.2) is 5.96 Å². The summed E-state index contributed by atoms with van der Waals surface area (Å²) in [5, 5.41) is 0. The molecule has 3 nitrogen and oxygen atoms in total. The van der Waals surface area contributed by atoms with Gasteiger partial charge in [0, 0.05) is 33.7 Å². The number of rotatable bonds is 4. The van der Waals surface area contributed by atoms with Crippen molar-refractivity contribution in [2.45, 2.75) is 38.0 Å². The molecule has 1 rings (SSSR count). The molecule has 0 N–H and O–H groups in total. The van der Waals surface area contributed by atoms with E-state index in [9.17, 15) is 0 Å². The van der Waals surface area contributed by atoms with Crippen LogP contribution in [0.3, 0.4) is 0 Å². The Bertz CT molecular complexity index is 228. The number of hydrogen-bond acceptors (Lipinski definition) is 1. The first-order chi connectivity index (χ1) is 7.06. The molecule has 1 aliphatic rings. The van der Waals surface area contributed by atoms with Crippen molar-refractivity contribution in [1.29, 1.82) is 0 Å². The normalized spacial score (nSPS) is 26.4. The lowest BCUT2D eigenvalue weighted by Crippen LogP contribution is -2.31. The summed E-state index contributed by atoms with van der Waals surface area (Å²) < 4.78 is 0. The second kappa shape index (κ2) is 5.43. The molecule has 4 heteroatoms. The molecule has 0 aromatic heterocycles. The highest BCUT2D eigenvalue weighted by Gasteiger charge is 2.29. The number of hydrogen-bond donors (Lipinski definition) is 0. The van der Waals surface area contributed by atoms with Crippen LogP contribution < -0.4 is 0 Å². The molecule has 0 saturated carbocycles. The van der Waals surface area contributed by atoms with E-state index in [1.165, 1.54) is 19.3 Å². The van der Waals surface area contributed by atoms with Crippen molar-refractivity contribution in [3.8, 4) is 0 Å². The van der Waals surface area contributed by atoms with E-state index in [1.807, 2.05) is 7.05 Å². The smallest absolute Gasteiger partial charge is 0.196 e. The minimum Gasteiger partial charge on any atom is -0.344 e. The van der Waals surface area contributed by atoms with Crippen LogP contribution in [0.2, 0.25) is 5.82 Å². The molecule has 0 radical (unpaired) electrons. The van der Waals surface area contributed by atoms with Crippen LogP contribution in [0, 0.1) is 0 Å². The molecule has 1 saturated heterocycles. The minimum absolute atomic E-state index is 0.660. The van der Waals surface area contributed by atoms with E-state index in [0.717, 1.165) is 18.3 Å². The Morgan fingerprint density at radius 3 is 2.67 bits per heavy atom. The van der Waals surface area contributed by atoms with E-state index in [4.69, 9.17) is 0 Å². The van der Waals surface area contributed by atoms with Crippen LogP contribution in [-0.2, 0) is 0 Å². The van der Waals surface area contributed by atoms with Gasteiger partial charge in [-0.25, -0.2) is 0 Å². The average Bonchev–Trinajstić information content (AvgIpc) is 2.41. The lowest BCUT2D eigenvalue weighted by atomic mass is 9.84. The quantitative estimate of drug-likeness (QED) is 0.638. The largest absolute Gasteiger partial charge is 0.344 e. The second-order valence-corrected chi connectivity index (χ2v) is 4.99. The van der Waals surface area contributed by atoms with Crippen LogP contribution in [0.25, 0.3) is 0 Å². The molecular weight excluding hydrogens is 185 g/mol. The minimum atomic E-state index is 0.660. The van der Waals surface area contributed by atoms with E-state index in [1.54, 1.807) is 0 Å². The van der Waals surface area contributed by atoms with Gasteiger partial charge < -0.3 is 9.80 Å². The third kappa shape index (κ3) is 3.15. The van der Waals surface area contributed by atoms with Gasteiger partial charge in [-0.15, -0.1) is 0 Å². The zero-order chi connectivity index (χ0) is 11.4. The number of nitrogens with zero attached hydrogens (tertiary/aromatic N) is 3. The molecule has 0 aromatic rings. The Hall–Kier alpha value is -0.665. The Morgan fingerprint density at radius 2 is 2.20 bits per heavy atom. The first-order valence-corrected chi connectivity index (χ1v) is 5.97. The Labute approximate surface area is 94.9 Å². The average molecular weight is 209 g/mol. The van der Waals surface area contributed by atoms with Crippen LogP contribution >= 0.6 is 0 Å². The van der Waals surface area contributed by atoms with E-state index < -0.39 is 0 Å². The molecule has 15 heavy (non-hydrogen) atoms. The van der Waals surface area contributed by atoms with Gasteiger partial charge >= 0.3 is 0 Å². The van der Waals surface area contributed by atoms with Gasteiger partial charge in [0.1, 0.15) is 7.85 Å². The zero-order valence-corrected chi connectivity index (χ0v) is 10.8. The molecule has 2 unspecified atom stereocenters. The molecule has 0 bridgehead atoms. The maximum Gasteiger partial charge on any atom is 0.196 e. The molecule has 1 aliphatic heterocycles. The fourth-order valence-electron chi connectivity index (χ4n) is 2.33. The predicted molar refractivity (Wildman–Crippen MR) is 69.4 cm³/mol. The van der Waals surface area contributed by atoms with Gasteiger partial charge in [0.2, 0.25) is 0 Å². The fourth-order valence-corrected chi connectivity index (χ4v) is 2.33. The standard InChI is InChI=1S/C11H24BN3/c1-9(12)6-5-7-10-8-14(3)11(13-2)15(10)4/h9-10H,5-8,12H2,1-4H3/b13-11-. The maximum atomic E-state index is 4.31. The van der Waals surface area contributed by atoms with Crippen molar-refractivity contribution in [3.63, 3.8) is 0 Å². The maximum absolute atomic E-state index is 4.31. The van der Waals surface area contributed by atoms with Gasteiger partial charge in [-0.1, -0.05) is 25.6 Å². The van der Waals surface area contributed by atoms with Gasteiger partial charge in [-0.05, 0) is 6.42 Å². The van der Waals surface area contributed by atoms with Crippen LogP contribution in [0.4, 0.5) is 0 Å². The van der Waals surface area contributed by atoms with Crippen molar-refractivity contribution in [1.82, 2.24) is 9.80 Å². The highest BCUT2D eigenvalue weighted by molar-refractivity contribution is 6.11.